The third-order valence-electron chi connectivity index (χ3n) is 1.61. The zero-order valence-corrected chi connectivity index (χ0v) is 8.59. The summed E-state index contributed by atoms with van der Waals surface area (Å²) >= 11 is 0. The van der Waals surface area contributed by atoms with Crippen LogP contribution in [0.1, 0.15) is 0 Å². The second-order valence-electron chi connectivity index (χ2n) is 2.79. The minimum atomic E-state index is -6.11. The predicted molar refractivity (Wildman–Crippen MR) is 52.7 cm³/mol. The number of nitrogens with zero attached hydrogens (tertiary/aromatic N) is 1. The quantitative estimate of drug-likeness (QED) is 0.504. The van der Waals surface area contributed by atoms with Gasteiger partial charge in [-0.3, -0.25) is 0 Å². The van der Waals surface area contributed by atoms with Crippen molar-refractivity contribution in [3.05, 3.63) is 30.3 Å². The Morgan fingerprint density at radius 3 is 2.19 bits per heavy atom. The van der Waals surface area contributed by atoms with Crippen LogP contribution in [0.2, 0.25) is 0 Å². The van der Waals surface area contributed by atoms with E-state index < -0.39 is 21.3 Å². The maximum absolute atomic E-state index is 12.8. The Labute approximate surface area is 89.8 Å². The van der Waals surface area contributed by atoms with Gasteiger partial charge in [0.15, 0.2) is 5.84 Å². The molecule has 0 unspecified atom stereocenters. The SMILES string of the molecule is NC(=Nc1ccccc1)C(F)(F)S(=O)(=O)F. The average molecular weight is 252 g/mol. The van der Waals surface area contributed by atoms with Crippen LogP contribution in [0.5, 0.6) is 0 Å². The number of rotatable bonds is 3. The third kappa shape index (κ3) is 2.51. The van der Waals surface area contributed by atoms with E-state index in [9.17, 15) is 21.1 Å². The van der Waals surface area contributed by atoms with E-state index in [1.807, 2.05) is 0 Å². The number of aliphatic imine (C=N–C) groups is 1. The van der Waals surface area contributed by atoms with Crippen molar-refractivity contribution in [1.29, 1.82) is 0 Å². The lowest BCUT2D eigenvalue weighted by Gasteiger charge is -2.10. The van der Waals surface area contributed by atoms with E-state index in [-0.39, 0.29) is 5.69 Å². The summed E-state index contributed by atoms with van der Waals surface area (Å²) < 4.78 is 58.0. The highest BCUT2D eigenvalue weighted by Gasteiger charge is 2.50. The average Bonchev–Trinajstić information content (AvgIpc) is 2.17. The smallest absolute Gasteiger partial charge is 0.381 e. The fourth-order valence-electron chi connectivity index (χ4n) is 0.832. The third-order valence-corrected chi connectivity index (χ3v) is 2.43. The number of halogens is 3. The largest absolute Gasteiger partial charge is 0.429 e. The number of hydrogen-bond acceptors (Lipinski definition) is 3. The van der Waals surface area contributed by atoms with Gasteiger partial charge in [-0.05, 0) is 12.1 Å². The normalized spacial score (nSPS) is 13.8. The van der Waals surface area contributed by atoms with Crippen LogP contribution in [0.15, 0.2) is 35.3 Å². The van der Waals surface area contributed by atoms with Gasteiger partial charge in [-0.1, -0.05) is 22.1 Å². The van der Waals surface area contributed by atoms with Crippen LogP contribution in [0.25, 0.3) is 0 Å². The molecule has 0 heterocycles. The van der Waals surface area contributed by atoms with Gasteiger partial charge in [0.1, 0.15) is 0 Å². The van der Waals surface area contributed by atoms with Crippen molar-refractivity contribution in [2.45, 2.75) is 5.25 Å². The fourth-order valence-corrected chi connectivity index (χ4v) is 1.13. The molecule has 0 bridgehead atoms. The van der Waals surface area contributed by atoms with Gasteiger partial charge in [0.2, 0.25) is 0 Å². The summed E-state index contributed by atoms with van der Waals surface area (Å²) in [6.07, 6.45) is 0. The fraction of sp³-hybridized carbons (Fsp3) is 0.125. The van der Waals surface area contributed by atoms with Gasteiger partial charge < -0.3 is 5.73 Å². The molecule has 1 aromatic carbocycles. The molecule has 0 aliphatic rings. The van der Waals surface area contributed by atoms with Crippen molar-refractivity contribution in [3.8, 4) is 0 Å². The van der Waals surface area contributed by atoms with Gasteiger partial charge >= 0.3 is 15.5 Å². The minimum Gasteiger partial charge on any atom is -0.381 e. The van der Waals surface area contributed by atoms with Crippen LogP contribution < -0.4 is 5.73 Å². The molecular weight excluding hydrogens is 245 g/mol. The van der Waals surface area contributed by atoms with E-state index in [1.54, 1.807) is 6.07 Å². The van der Waals surface area contributed by atoms with E-state index in [0.29, 0.717) is 0 Å². The molecule has 0 saturated carbocycles. The zero-order chi connectivity index (χ0) is 12.4. The topological polar surface area (TPSA) is 72.5 Å². The number of hydrogen-bond donors (Lipinski definition) is 1. The Kier molecular flexibility index (Phi) is 3.22. The van der Waals surface area contributed by atoms with E-state index in [0.717, 1.165) is 0 Å². The first-order valence-corrected chi connectivity index (χ1v) is 5.35. The summed E-state index contributed by atoms with van der Waals surface area (Å²) in [7, 11) is -6.11. The summed E-state index contributed by atoms with van der Waals surface area (Å²) in [5, 5.41) is -4.82. The van der Waals surface area contributed by atoms with Crippen LogP contribution in [-0.4, -0.2) is 19.5 Å². The number of benzene rings is 1. The van der Waals surface area contributed by atoms with Crippen molar-refractivity contribution < 1.29 is 21.1 Å². The standard InChI is InChI=1S/C8H7F3N2O2S/c9-8(10,16(11,14)15)7(12)13-6-4-2-1-3-5-6/h1-5H,(H2,12,13). The van der Waals surface area contributed by atoms with Gasteiger partial charge in [-0.25, -0.2) is 4.99 Å². The summed E-state index contributed by atoms with van der Waals surface area (Å²) in [5.74, 6) is -1.61. The van der Waals surface area contributed by atoms with Gasteiger partial charge in [0.05, 0.1) is 5.69 Å². The van der Waals surface area contributed by atoms with Crippen LogP contribution in [0.3, 0.4) is 0 Å². The molecular formula is C8H7F3N2O2S. The monoisotopic (exact) mass is 252 g/mol. The summed E-state index contributed by atoms with van der Waals surface area (Å²) in [6.45, 7) is 0. The Morgan fingerprint density at radius 2 is 1.75 bits per heavy atom. The molecule has 0 radical (unpaired) electrons. The highest BCUT2D eigenvalue weighted by molar-refractivity contribution is 7.88. The van der Waals surface area contributed by atoms with E-state index in [2.05, 4.69) is 4.99 Å². The predicted octanol–water partition coefficient (Wildman–Crippen LogP) is 1.57. The highest BCUT2D eigenvalue weighted by atomic mass is 32.3. The summed E-state index contributed by atoms with van der Waals surface area (Å²) in [4.78, 5) is 3.12. The minimum absolute atomic E-state index is 0.00308. The molecule has 1 rings (SSSR count). The van der Waals surface area contributed by atoms with Crippen molar-refractivity contribution in [3.63, 3.8) is 0 Å². The molecule has 0 aliphatic carbocycles. The Morgan fingerprint density at radius 1 is 1.25 bits per heavy atom. The van der Waals surface area contributed by atoms with Crippen LogP contribution in [0, 0.1) is 0 Å². The summed E-state index contributed by atoms with van der Waals surface area (Å²) in [6, 6.07) is 7.18. The maximum Gasteiger partial charge on any atom is 0.429 e. The molecule has 0 saturated heterocycles. The van der Waals surface area contributed by atoms with Gasteiger partial charge in [-0.15, -0.1) is 0 Å². The van der Waals surface area contributed by atoms with Crippen molar-refractivity contribution >= 4 is 21.7 Å². The van der Waals surface area contributed by atoms with Crippen molar-refractivity contribution in [2.24, 2.45) is 10.7 Å². The molecule has 16 heavy (non-hydrogen) atoms. The van der Waals surface area contributed by atoms with E-state index >= 15 is 0 Å². The van der Waals surface area contributed by atoms with Gasteiger partial charge in [0.25, 0.3) is 0 Å². The Hall–Kier alpha value is -1.57. The molecule has 1 aromatic rings. The van der Waals surface area contributed by atoms with E-state index in [4.69, 9.17) is 5.73 Å². The lowest BCUT2D eigenvalue weighted by Crippen LogP contribution is -2.40. The number of para-hydroxylation sites is 1. The Bertz CT molecular complexity index is 499. The van der Waals surface area contributed by atoms with Crippen LogP contribution >= 0.6 is 0 Å². The maximum atomic E-state index is 12.8. The molecule has 88 valence electrons. The van der Waals surface area contributed by atoms with Crippen LogP contribution in [-0.2, 0) is 10.2 Å². The molecule has 0 aromatic heterocycles. The lowest BCUT2D eigenvalue weighted by molar-refractivity contribution is 0.160. The van der Waals surface area contributed by atoms with E-state index in [1.165, 1.54) is 24.3 Å². The molecule has 0 amide bonds. The number of nitrogens with two attached hydrogens (primary N) is 1. The number of alkyl halides is 2. The van der Waals surface area contributed by atoms with Gasteiger partial charge in [-0.2, -0.15) is 17.2 Å². The molecule has 0 spiro atoms. The first-order valence-electron chi connectivity index (χ1n) is 3.97. The highest BCUT2D eigenvalue weighted by Crippen LogP contribution is 2.25. The zero-order valence-electron chi connectivity index (χ0n) is 7.77. The van der Waals surface area contributed by atoms with Gasteiger partial charge in [0, 0.05) is 0 Å². The Balaban J connectivity index is 3.13. The van der Waals surface area contributed by atoms with Crippen LogP contribution in [0.4, 0.5) is 18.4 Å². The first kappa shape index (κ1) is 12.5. The molecule has 0 aliphatic heterocycles. The first-order chi connectivity index (χ1) is 7.25. The number of amidine groups is 1. The van der Waals surface area contributed by atoms with Crippen molar-refractivity contribution in [2.75, 3.05) is 0 Å². The second-order valence-corrected chi connectivity index (χ2v) is 4.18. The lowest BCUT2D eigenvalue weighted by atomic mass is 10.3. The molecule has 8 heteroatoms. The van der Waals surface area contributed by atoms with Crippen molar-refractivity contribution in [1.82, 2.24) is 0 Å². The molecule has 0 fully saturated rings. The molecule has 0 atom stereocenters. The molecule has 4 nitrogen and oxygen atoms in total. The summed E-state index contributed by atoms with van der Waals surface area (Å²) in [5.41, 5.74) is 4.75. The molecule has 2 N–H and O–H groups in total. The second kappa shape index (κ2) is 4.12.